The third-order valence-electron chi connectivity index (χ3n) is 6.91. The molecule has 0 unspecified atom stereocenters. The number of carbonyl (C=O) groups excluding carboxylic acids is 2. The number of rotatable bonds is 9. The molecule has 4 rings (SSSR count). The van der Waals surface area contributed by atoms with Crippen LogP contribution in [0.5, 0.6) is 0 Å². The standard InChI is InChI=1S/C35H38N4O2/c1-22(2)20-26(35(41)39-31-15-7-6-14-30(31)36)17-16-25(5)37-18-19-38-32(40)21-29-27-12-8-10-23(3)33(27)34-24(4)11-9-13-28(29)34/h6-17,20-21,37H,18-19,36H2,1-5H3,(H,38,40)(H,39,41)/b25-16+,26-17+. The van der Waals surface area contributed by atoms with Crippen molar-refractivity contribution in [3.8, 4) is 11.1 Å². The highest BCUT2D eigenvalue weighted by Gasteiger charge is 2.26. The van der Waals surface area contributed by atoms with E-state index >= 15 is 0 Å². The summed E-state index contributed by atoms with van der Waals surface area (Å²) in [6, 6.07) is 19.6. The SMILES string of the molecule is CC(C)=C/C(=C\C=C(/C)NCCNC(=O)C=C1c2cccc(C)c2-c2c(C)cccc21)C(=O)Nc1ccccc1N. The van der Waals surface area contributed by atoms with Gasteiger partial charge in [-0.3, -0.25) is 9.59 Å². The maximum Gasteiger partial charge on any atom is 0.255 e. The van der Waals surface area contributed by atoms with Gasteiger partial charge in [0, 0.05) is 30.4 Å². The number of aryl methyl sites for hydroxylation is 2. The van der Waals surface area contributed by atoms with Gasteiger partial charge in [0.2, 0.25) is 5.91 Å². The molecular formula is C35H38N4O2. The van der Waals surface area contributed by atoms with Crippen molar-refractivity contribution in [3.05, 3.63) is 124 Å². The fraction of sp³-hybridized carbons (Fsp3) is 0.200. The minimum absolute atomic E-state index is 0.132. The molecule has 1 aliphatic carbocycles. The maximum absolute atomic E-state index is 12.9. The van der Waals surface area contributed by atoms with Gasteiger partial charge in [-0.15, -0.1) is 0 Å². The lowest BCUT2D eigenvalue weighted by molar-refractivity contribution is -0.116. The van der Waals surface area contributed by atoms with E-state index in [9.17, 15) is 9.59 Å². The lowest BCUT2D eigenvalue weighted by atomic mass is 9.97. The fourth-order valence-corrected chi connectivity index (χ4v) is 4.96. The van der Waals surface area contributed by atoms with Crippen molar-refractivity contribution in [2.75, 3.05) is 24.1 Å². The van der Waals surface area contributed by atoms with E-state index < -0.39 is 0 Å². The average molecular weight is 547 g/mol. The number of allylic oxidation sites excluding steroid dienone is 4. The lowest BCUT2D eigenvalue weighted by Gasteiger charge is -2.10. The van der Waals surface area contributed by atoms with Crippen LogP contribution in [-0.2, 0) is 9.59 Å². The molecule has 0 radical (unpaired) electrons. The number of nitrogens with two attached hydrogens (primary N) is 1. The van der Waals surface area contributed by atoms with Crippen molar-refractivity contribution in [1.29, 1.82) is 0 Å². The highest BCUT2D eigenvalue weighted by Crippen LogP contribution is 2.47. The Bertz CT molecular complexity index is 1550. The van der Waals surface area contributed by atoms with E-state index in [-0.39, 0.29) is 11.8 Å². The first-order chi connectivity index (χ1) is 19.7. The van der Waals surface area contributed by atoms with Gasteiger partial charge in [-0.05, 0) is 97.9 Å². The number of benzene rings is 3. The molecule has 210 valence electrons. The Hall–Kier alpha value is -4.84. The largest absolute Gasteiger partial charge is 0.397 e. The lowest BCUT2D eigenvalue weighted by Crippen LogP contribution is -2.30. The van der Waals surface area contributed by atoms with Gasteiger partial charge in [0.1, 0.15) is 0 Å². The Morgan fingerprint density at radius 3 is 2.00 bits per heavy atom. The number of nitrogen functional groups attached to an aromatic ring is 1. The van der Waals surface area contributed by atoms with Crippen molar-refractivity contribution in [1.82, 2.24) is 10.6 Å². The third kappa shape index (κ3) is 7.03. The Labute approximate surface area is 242 Å². The van der Waals surface area contributed by atoms with Crippen LogP contribution < -0.4 is 21.7 Å². The molecule has 0 heterocycles. The second kappa shape index (κ2) is 13.0. The highest BCUT2D eigenvalue weighted by molar-refractivity contribution is 6.09. The number of hydrogen-bond acceptors (Lipinski definition) is 4. The minimum atomic E-state index is -0.242. The summed E-state index contributed by atoms with van der Waals surface area (Å²) < 4.78 is 0. The summed E-state index contributed by atoms with van der Waals surface area (Å²) in [7, 11) is 0. The minimum Gasteiger partial charge on any atom is -0.397 e. The predicted octanol–water partition coefficient (Wildman–Crippen LogP) is 6.44. The number of hydrogen-bond donors (Lipinski definition) is 4. The van der Waals surface area contributed by atoms with Gasteiger partial charge in [-0.1, -0.05) is 60.2 Å². The van der Waals surface area contributed by atoms with E-state index in [0.29, 0.717) is 30.0 Å². The summed E-state index contributed by atoms with van der Waals surface area (Å²) in [5.41, 5.74) is 17.4. The molecule has 0 atom stereocenters. The monoisotopic (exact) mass is 546 g/mol. The van der Waals surface area contributed by atoms with Gasteiger partial charge < -0.3 is 21.7 Å². The predicted molar refractivity (Wildman–Crippen MR) is 170 cm³/mol. The zero-order chi connectivity index (χ0) is 29.5. The normalized spacial score (nSPS) is 12.3. The molecule has 0 fully saturated rings. The van der Waals surface area contributed by atoms with Gasteiger partial charge in [0.25, 0.3) is 5.91 Å². The summed E-state index contributed by atoms with van der Waals surface area (Å²) in [6.45, 7) is 11.0. The maximum atomic E-state index is 12.9. The second-order valence-corrected chi connectivity index (χ2v) is 10.5. The van der Waals surface area contributed by atoms with Crippen LogP contribution in [0.1, 0.15) is 43.0 Å². The van der Waals surface area contributed by atoms with Crippen LogP contribution in [0, 0.1) is 13.8 Å². The van der Waals surface area contributed by atoms with Gasteiger partial charge in [-0.25, -0.2) is 0 Å². The van der Waals surface area contributed by atoms with E-state index in [1.54, 1.807) is 24.3 Å². The van der Waals surface area contributed by atoms with Crippen molar-refractivity contribution >= 4 is 28.8 Å². The first-order valence-corrected chi connectivity index (χ1v) is 13.8. The summed E-state index contributed by atoms with van der Waals surface area (Å²) in [5.74, 6) is -0.373. The van der Waals surface area contributed by atoms with E-state index in [1.165, 1.54) is 22.3 Å². The second-order valence-electron chi connectivity index (χ2n) is 10.5. The summed E-state index contributed by atoms with van der Waals surface area (Å²) in [5, 5.41) is 9.16. The van der Waals surface area contributed by atoms with Gasteiger partial charge in [0.05, 0.1) is 11.4 Å². The van der Waals surface area contributed by atoms with Crippen molar-refractivity contribution in [3.63, 3.8) is 0 Å². The van der Waals surface area contributed by atoms with Crippen molar-refractivity contribution < 1.29 is 9.59 Å². The number of carbonyl (C=O) groups is 2. The van der Waals surface area contributed by atoms with E-state index in [2.05, 4.69) is 54.1 Å². The van der Waals surface area contributed by atoms with Gasteiger partial charge in [-0.2, -0.15) is 0 Å². The molecule has 6 nitrogen and oxygen atoms in total. The summed E-state index contributed by atoms with van der Waals surface area (Å²) in [6.07, 6.45) is 7.16. The quantitative estimate of drug-likeness (QED) is 0.0841. The Kier molecular flexibility index (Phi) is 9.25. The molecule has 41 heavy (non-hydrogen) atoms. The number of para-hydroxylation sites is 2. The summed E-state index contributed by atoms with van der Waals surface area (Å²) >= 11 is 0. The first-order valence-electron chi connectivity index (χ1n) is 13.8. The van der Waals surface area contributed by atoms with Crippen LogP contribution in [0.2, 0.25) is 0 Å². The molecule has 5 N–H and O–H groups in total. The van der Waals surface area contributed by atoms with Crippen LogP contribution in [0.25, 0.3) is 16.7 Å². The van der Waals surface area contributed by atoms with Crippen LogP contribution in [0.15, 0.2) is 102 Å². The number of nitrogens with one attached hydrogen (secondary N) is 3. The van der Waals surface area contributed by atoms with Crippen molar-refractivity contribution in [2.45, 2.75) is 34.6 Å². The smallest absolute Gasteiger partial charge is 0.255 e. The molecule has 0 spiro atoms. The third-order valence-corrected chi connectivity index (χ3v) is 6.91. The highest BCUT2D eigenvalue weighted by atomic mass is 16.2. The molecule has 3 aromatic carbocycles. The zero-order valence-corrected chi connectivity index (χ0v) is 24.4. The topological polar surface area (TPSA) is 96.2 Å². The first kappa shape index (κ1) is 29.2. The van der Waals surface area contributed by atoms with Crippen molar-refractivity contribution in [2.24, 2.45) is 0 Å². The van der Waals surface area contributed by atoms with Crippen LogP contribution >= 0.6 is 0 Å². The molecule has 0 aromatic heterocycles. The summed E-state index contributed by atoms with van der Waals surface area (Å²) in [4.78, 5) is 25.8. The van der Waals surface area contributed by atoms with E-state index in [4.69, 9.17) is 5.73 Å². The molecule has 0 saturated heterocycles. The van der Waals surface area contributed by atoms with E-state index in [0.717, 1.165) is 28.0 Å². The Morgan fingerprint density at radius 2 is 1.39 bits per heavy atom. The number of anilines is 2. The zero-order valence-electron chi connectivity index (χ0n) is 24.4. The van der Waals surface area contributed by atoms with E-state index in [1.807, 2.05) is 57.2 Å². The average Bonchev–Trinajstić information content (AvgIpc) is 3.25. The van der Waals surface area contributed by atoms with Crippen LogP contribution in [0.4, 0.5) is 11.4 Å². The van der Waals surface area contributed by atoms with Crippen LogP contribution in [0.3, 0.4) is 0 Å². The molecule has 2 amide bonds. The molecule has 1 aliphatic rings. The molecular weight excluding hydrogens is 508 g/mol. The molecule has 6 heteroatoms. The van der Waals surface area contributed by atoms with Gasteiger partial charge >= 0.3 is 0 Å². The van der Waals surface area contributed by atoms with Gasteiger partial charge in [0.15, 0.2) is 0 Å². The number of fused-ring (bicyclic) bond motifs is 3. The van der Waals surface area contributed by atoms with Crippen LogP contribution in [-0.4, -0.2) is 24.9 Å². The Morgan fingerprint density at radius 1 is 0.780 bits per heavy atom. The molecule has 3 aromatic rings. The Balaban J connectivity index is 1.38. The molecule has 0 bridgehead atoms. The fourth-order valence-electron chi connectivity index (χ4n) is 4.96. The molecule has 0 saturated carbocycles. The number of amides is 2. The molecule has 0 aliphatic heterocycles.